The summed E-state index contributed by atoms with van der Waals surface area (Å²) in [6.07, 6.45) is 0. The molecule has 0 aliphatic rings. The van der Waals surface area contributed by atoms with Crippen molar-refractivity contribution in [2.45, 2.75) is 27.4 Å². The van der Waals surface area contributed by atoms with E-state index in [1.54, 1.807) is 26.0 Å². The van der Waals surface area contributed by atoms with E-state index in [0.717, 1.165) is 5.56 Å². The van der Waals surface area contributed by atoms with Gasteiger partial charge >= 0.3 is 0 Å². The zero-order chi connectivity index (χ0) is 18.7. The molecule has 26 heavy (non-hydrogen) atoms. The summed E-state index contributed by atoms with van der Waals surface area (Å²) in [4.78, 5) is 12.5. The molecule has 1 heterocycles. The maximum Gasteiger partial charge on any atom is 0.278 e. The molecule has 0 fully saturated rings. The van der Waals surface area contributed by atoms with Crippen molar-refractivity contribution in [3.8, 4) is 5.75 Å². The maximum absolute atomic E-state index is 13.7. The summed E-state index contributed by atoms with van der Waals surface area (Å²) < 4.78 is 24.5. The summed E-state index contributed by atoms with van der Waals surface area (Å²) in [5, 5.41) is 6.45. The maximum atomic E-state index is 13.7. The van der Waals surface area contributed by atoms with Crippen LogP contribution in [0.15, 0.2) is 47.0 Å². The predicted molar refractivity (Wildman–Crippen MR) is 95.8 cm³/mol. The van der Waals surface area contributed by atoms with E-state index in [1.165, 1.54) is 6.07 Å². The van der Waals surface area contributed by atoms with E-state index in [4.69, 9.17) is 9.26 Å². The van der Waals surface area contributed by atoms with Gasteiger partial charge in [0.05, 0.1) is 5.56 Å². The van der Waals surface area contributed by atoms with Crippen LogP contribution >= 0.6 is 0 Å². The zero-order valence-corrected chi connectivity index (χ0v) is 14.8. The van der Waals surface area contributed by atoms with Crippen molar-refractivity contribution in [3.05, 3.63) is 76.4 Å². The monoisotopic (exact) mass is 354 g/mol. The molecule has 0 radical (unpaired) electrons. The fourth-order valence-electron chi connectivity index (χ4n) is 2.46. The van der Waals surface area contributed by atoms with Crippen molar-refractivity contribution in [1.82, 2.24) is 5.16 Å². The largest absolute Gasteiger partial charge is 0.489 e. The third kappa shape index (κ3) is 3.91. The third-order valence-electron chi connectivity index (χ3n) is 4.00. The SMILES string of the molecule is Cc1cccc(OCc2c(C(=O)Nc3ccc(C)c(F)c3)noc2C)c1. The Kier molecular flexibility index (Phi) is 5.02. The molecule has 1 aromatic heterocycles. The molecule has 1 N–H and O–H groups in total. The van der Waals surface area contributed by atoms with Gasteiger partial charge in [-0.05, 0) is 56.2 Å². The highest BCUT2D eigenvalue weighted by molar-refractivity contribution is 6.03. The second-order valence-electron chi connectivity index (χ2n) is 6.09. The normalized spacial score (nSPS) is 10.6. The fourth-order valence-corrected chi connectivity index (χ4v) is 2.46. The summed E-state index contributed by atoms with van der Waals surface area (Å²) in [6, 6.07) is 12.1. The number of anilines is 1. The van der Waals surface area contributed by atoms with Crippen LogP contribution in [0.2, 0.25) is 0 Å². The first-order chi connectivity index (χ1) is 12.4. The number of benzene rings is 2. The lowest BCUT2D eigenvalue weighted by atomic mass is 10.1. The summed E-state index contributed by atoms with van der Waals surface area (Å²) in [5.41, 5.74) is 2.61. The van der Waals surface area contributed by atoms with Crippen molar-refractivity contribution < 1.29 is 18.4 Å². The molecule has 0 saturated carbocycles. The second-order valence-corrected chi connectivity index (χ2v) is 6.09. The number of rotatable bonds is 5. The minimum Gasteiger partial charge on any atom is -0.489 e. The van der Waals surface area contributed by atoms with Gasteiger partial charge in [-0.15, -0.1) is 0 Å². The van der Waals surface area contributed by atoms with Crippen molar-refractivity contribution in [2.24, 2.45) is 0 Å². The van der Waals surface area contributed by atoms with E-state index in [-0.39, 0.29) is 18.1 Å². The van der Waals surface area contributed by atoms with Gasteiger partial charge in [-0.3, -0.25) is 4.79 Å². The first-order valence-corrected chi connectivity index (χ1v) is 8.16. The number of hydrogen-bond donors (Lipinski definition) is 1. The number of carbonyl (C=O) groups excluding carboxylic acids is 1. The second kappa shape index (κ2) is 7.39. The molecule has 1 amide bonds. The molecule has 0 aliphatic carbocycles. The molecule has 6 heteroatoms. The summed E-state index contributed by atoms with van der Waals surface area (Å²) in [7, 11) is 0. The van der Waals surface area contributed by atoms with Crippen molar-refractivity contribution in [1.29, 1.82) is 0 Å². The van der Waals surface area contributed by atoms with Gasteiger partial charge in [0.25, 0.3) is 5.91 Å². The number of carbonyl (C=O) groups is 1. The van der Waals surface area contributed by atoms with Crippen LogP contribution in [0.4, 0.5) is 10.1 Å². The van der Waals surface area contributed by atoms with Gasteiger partial charge in [-0.1, -0.05) is 23.4 Å². The molecule has 3 aromatic rings. The minimum absolute atomic E-state index is 0.121. The molecule has 5 nitrogen and oxygen atoms in total. The van der Waals surface area contributed by atoms with Crippen LogP contribution in [0.1, 0.15) is 32.9 Å². The molecule has 0 saturated heterocycles. The van der Waals surface area contributed by atoms with Gasteiger partial charge in [-0.25, -0.2) is 4.39 Å². The van der Waals surface area contributed by atoms with Gasteiger partial charge in [-0.2, -0.15) is 0 Å². The topological polar surface area (TPSA) is 64.4 Å². The van der Waals surface area contributed by atoms with Gasteiger partial charge in [0, 0.05) is 5.69 Å². The highest BCUT2D eigenvalue weighted by Gasteiger charge is 2.21. The number of hydrogen-bond acceptors (Lipinski definition) is 4. The Labute approximate surface area is 150 Å². The molecule has 3 rings (SSSR count). The first-order valence-electron chi connectivity index (χ1n) is 8.16. The van der Waals surface area contributed by atoms with E-state index in [2.05, 4.69) is 10.5 Å². The average Bonchev–Trinajstić information content (AvgIpc) is 2.97. The number of nitrogens with one attached hydrogen (secondary N) is 1. The number of halogens is 1. The van der Waals surface area contributed by atoms with Gasteiger partial charge < -0.3 is 14.6 Å². The van der Waals surface area contributed by atoms with Crippen LogP contribution in [0.3, 0.4) is 0 Å². The van der Waals surface area contributed by atoms with E-state index in [1.807, 2.05) is 31.2 Å². The van der Waals surface area contributed by atoms with Crippen LogP contribution in [0.25, 0.3) is 0 Å². The minimum atomic E-state index is -0.479. The van der Waals surface area contributed by atoms with E-state index < -0.39 is 5.91 Å². The van der Waals surface area contributed by atoms with Crippen LogP contribution < -0.4 is 10.1 Å². The smallest absolute Gasteiger partial charge is 0.278 e. The fraction of sp³-hybridized carbons (Fsp3) is 0.200. The van der Waals surface area contributed by atoms with E-state index in [9.17, 15) is 9.18 Å². The molecular formula is C20H19FN2O3. The quantitative estimate of drug-likeness (QED) is 0.729. The Morgan fingerprint density at radius 1 is 1.19 bits per heavy atom. The number of ether oxygens (including phenoxy) is 1. The van der Waals surface area contributed by atoms with Crippen molar-refractivity contribution >= 4 is 11.6 Å². The van der Waals surface area contributed by atoms with Crippen molar-refractivity contribution in [3.63, 3.8) is 0 Å². The third-order valence-corrected chi connectivity index (χ3v) is 4.00. The van der Waals surface area contributed by atoms with Crippen LogP contribution in [0.5, 0.6) is 5.75 Å². The number of amides is 1. The summed E-state index contributed by atoms with van der Waals surface area (Å²) >= 11 is 0. The number of aryl methyl sites for hydroxylation is 3. The van der Waals surface area contributed by atoms with Crippen molar-refractivity contribution in [2.75, 3.05) is 5.32 Å². The lowest BCUT2D eigenvalue weighted by Crippen LogP contribution is -2.15. The average molecular weight is 354 g/mol. The Morgan fingerprint density at radius 2 is 2.00 bits per heavy atom. The Bertz CT molecular complexity index is 950. The van der Waals surface area contributed by atoms with Gasteiger partial charge in [0.15, 0.2) is 5.69 Å². The lowest BCUT2D eigenvalue weighted by Gasteiger charge is -2.08. The predicted octanol–water partition coefficient (Wildman–Crippen LogP) is 4.57. The van der Waals surface area contributed by atoms with Gasteiger partial charge in [0.1, 0.15) is 23.9 Å². The van der Waals surface area contributed by atoms with Crippen LogP contribution in [0, 0.1) is 26.6 Å². The Morgan fingerprint density at radius 3 is 2.73 bits per heavy atom. The zero-order valence-electron chi connectivity index (χ0n) is 14.8. The molecule has 0 bridgehead atoms. The Balaban J connectivity index is 1.76. The Hall–Kier alpha value is -3.15. The molecule has 134 valence electrons. The summed E-state index contributed by atoms with van der Waals surface area (Å²) in [5.74, 6) is 0.325. The van der Waals surface area contributed by atoms with Crippen LogP contribution in [-0.2, 0) is 6.61 Å². The lowest BCUT2D eigenvalue weighted by molar-refractivity contribution is 0.101. The number of aromatic nitrogens is 1. The van der Waals surface area contributed by atoms with Crippen LogP contribution in [-0.4, -0.2) is 11.1 Å². The highest BCUT2D eigenvalue weighted by Crippen LogP contribution is 2.20. The summed E-state index contributed by atoms with van der Waals surface area (Å²) in [6.45, 7) is 5.48. The molecule has 2 aromatic carbocycles. The van der Waals surface area contributed by atoms with Gasteiger partial charge in [0.2, 0.25) is 0 Å². The molecule has 0 unspecified atom stereocenters. The molecular weight excluding hydrogens is 335 g/mol. The van der Waals surface area contributed by atoms with E-state index in [0.29, 0.717) is 28.3 Å². The highest BCUT2D eigenvalue weighted by atomic mass is 19.1. The first kappa shape index (κ1) is 17.7. The number of nitrogens with zero attached hydrogens (tertiary/aromatic N) is 1. The van der Waals surface area contributed by atoms with E-state index >= 15 is 0 Å². The standard InChI is InChI=1S/C20H19FN2O3/c1-12-5-4-6-16(9-12)25-11-17-14(3)26-23-19(17)20(24)22-15-8-7-13(2)18(21)10-15/h4-10H,11H2,1-3H3,(H,22,24). The molecule has 0 spiro atoms. The molecule has 0 aliphatic heterocycles. The molecule has 0 atom stereocenters.